The number of fused-ring (bicyclic) bond motifs is 1. The molecule has 0 radical (unpaired) electrons. The van der Waals surface area contributed by atoms with E-state index in [1.54, 1.807) is 86.8 Å². The van der Waals surface area contributed by atoms with E-state index in [1.165, 1.54) is 23.1 Å². The summed E-state index contributed by atoms with van der Waals surface area (Å²) in [6, 6.07) is 22.9. The number of anilines is 2. The second-order valence-corrected chi connectivity index (χ2v) is 13.5. The molecule has 3 aromatic carbocycles. The van der Waals surface area contributed by atoms with Crippen LogP contribution in [0, 0.1) is 0 Å². The highest BCUT2D eigenvalue weighted by molar-refractivity contribution is 8.00. The van der Waals surface area contributed by atoms with E-state index in [1.807, 2.05) is 12.1 Å². The van der Waals surface area contributed by atoms with Crippen LogP contribution in [-0.2, 0) is 27.2 Å². The van der Waals surface area contributed by atoms with E-state index in [0.717, 1.165) is 53.9 Å². The van der Waals surface area contributed by atoms with Crippen molar-refractivity contribution in [3.8, 4) is 5.75 Å². The lowest BCUT2D eigenvalue weighted by Gasteiger charge is -2.13. The fourth-order valence-electron chi connectivity index (χ4n) is 5.44. The van der Waals surface area contributed by atoms with Gasteiger partial charge in [0.1, 0.15) is 16.4 Å². The summed E-state index contributed by atoms with van der Waals surface area (Å²) in [7, 11) is 1.56. The van der Waals surface area contributed by atoms with Gasteiger partial charge in [0.05, 0.1) is 25.0 Å². The maximum atomic E-state index is 13.5. The summed E-state index contributed by atoms with van der Waals surface area (Å²) in [4.78, 5) is 54.6. The van der Waals surface area contributed by atoms with Crippen LogP contribution in [0.3, 0.4) is 0 Å². The molecule has 0 atom stereocenters. The average Bonchev–Trinajstić information content (AvgIpc) is 3.42. The lowest BCUT2D eigenvalue weighted by molar-refractivity contribution is -0.114. The predicted octanol–water partition coefficient (Wildman–Crippen LogP) is 7.73. The van der Waals surface area contributed by atoms with Crippen LogP contribution < -0.4 is 20.7 Å². The Balaban J connectivity index is 1.28. The molecule has 9 nitrogen and oxygen atoms in total. The van der Waals surface area contributed by atoms with E-state index in [0.29, 0.717) is 33.1 Å². The van der Waals surface area contributed by atoms with Crippen molar-refractivity contribution in [2.45, 2.75) is 50.3 Å². The summed E-state index contributed by atoms with van der Waals surface area (Å²) < 4.78 is 10.7. The first kappa shape index (κ1) is 35.4. The number of aryl methyl sites for hydroxylation is 1. The Kier molecular flexibility index (Phi) is 12.7. The molecule has 3 N–H and O–H groups in total. The molecule has 1 aliphatic rings. The standard InChI is InChI=1S/C38H39N3O6S2/c1-3-47-38(45)34-30-19-9-4-5-10-20-32(30)49-37(34)41-33(42)24-48-29-18-12-16-27(23-29)39-36(44)31(22-25-13-11-17-28(21-25)46-2)40-35(43)26-14-7-6-8-15-26/h6-8,11-18,21-23H,3-5,9-10,19-20,24H2,1-2H3,(H,39,44)(H,40,43)(H,41,42)/b31-22-. The van der Waals surface area contributed by atoms with Gasteiger partial charge < -0.3 is 25.4 Å². The quantitative estimate of drug-likeness (QED) is 0.0787. The summed E-state index contributed by atoms with van der Waals surface area (Å²) in [5, 5.41) is 9.13. The van der Waals surface area contributed by atoms with Crippen LogP contribution in [-0.4, -0.2) is 43.2 Å². The minimum Gasteiger partial charge on any atom is -0.497 e. The van der Waals surface area contributed by atoms with Crippen molar-refractivity contribution in [3.05, 3.63) is 112 Å². The van der Waals surface area contributed by atoms with Crippen molar-refractivity contribution in [1.29, 1.82) is 0 Å². The number of esters is 1. The lowest BCUT2D eigenvalue weighted by Crippen LogP contribution is -2.30. The van der Waals surface area contributed by atoms with Gasteiger partial charge >= 0.3 is 5.97 Å². The van der Waals surface area contributed by atoms with Gasteiger partial charge in [0.2, 0.25) is 5.91 Å². The number of carbonyl (C=O) groups is 4. The number of methoxy groups -OCH3 is 1. The van der Waals surface area contributed by atoms with Crippen LogP contribution in [0.15, 0.2) is 89.5 Å². The molecule has 4 aromatic rings. The molecule has 0 aliphatic heterocycles. The van der Waals surface area contributed by atoms with Gasteiger partial charge in [-0.1, -0.05) is 49.2 Å². The van der Waals surface area contributed by atoms with Gasteiger partial charge in [0, 0.05) is 21.0 Å². The molecule has 0 saturated carbocycles. The Morgan fingerprint density at radius 3 is 2.43 bits per heavy atom. The van der Waals surface area contributed by atoms with Gasteiger partial charge in [-0.15, -0.1) is 23.1 Å². The molecule has 5 rings (SSSR count). The minimum atomic E-state index is -0.522. The van der Waals surface area contributed by atoms with Gasteiger partial charge in [0.15, 0.2) is 0 Å². The van der Waals surface area contributed by atoms with Crippen LogP contribution in [0.5, 0.6) is 5.75 Å². The van der Waals surface area contributed by atoms with Gasteiger partial charge in [0.25, 0.3) is 11.8 Å². The second-order valence-electron chi connectivity index (χ2n) is 11.3. The van der Waals surface area contributed by atoms with Crippen molar-refractivity contribution in [2.24, 2.45) is 0 Å². The average molecular weight is 698 g/mol. The number of thiophene rings is 1. The fourth-order valence-corrected chi connectivity index (χ4v) is 7.49. The highest BCUT2D eigenvalue weighted by atomic mass is 32.2. The van der Waals surface area contributed by atoms with Crippen LogP contribution >= 0.6 is 23.1 Å². The number of rotatable bonds is 12. The molecular formula is C38H39N3O6S2. The Morgan fingerprint density at radius 1 is 0.878 bits per heavy atom. The second kappa shape index (κ2) is 17.5. The first-order valence-electron chi connectivity index (χ1n) is 16.2. The first-order chi connectivity index (χ1) is 23.8. The third kappa shape index (κ3) is 9.84. The van der Waals surface area contributed by atoms with Crippen LogP contribution in [0.2, 0.25) is 0 Å². The normalized spacial score (nSPS) is 12.9. The van der Waals surface area contributed by atoms with E-state index in [4.69, 9.17) is 9.47 Å². The van der Waals surface area contributed by atoms with Crippen LogP contribution in [0.25, 0.3) is 6.08 Å². The molecule has 0 spiro atoms. The molecule has 254 valence electrons. The topological polar surface area (TPSA) is 123 Å². The monoisotopic (exact) mass is 697 g/mol. The van der Waals surface area contributed by atoms with Crippen molar-refractivity contribution in [1.82, 2.24) is 5.32 Å². The van der Waals surface area contributed by atoms with Gasteiger partial charge in [-0.25, -0.2) is 4.79 Å². The van der Waals surface area contributed by atoms with Gasteiger partial charge in [-0.05, 0) is 92.3 Å². The minimum absolute atomic E-state index is 0.0435. The summed E-state index contributed by atoms with van der Waals surface area (Å²) >= 11 is 2.78. The fraction of sp³-hybridized carbons (Fsp3) is 0.263. The number of nitrogens with one attached hydrogen (secondary N) is 3. The largest absolute Gasteiger partial charge is 0.497 e. The lowest BCUT2D eigenvalue weighted by atomic mass is 9.96. The molecule has 1 aromatic heterocycles. The summed E-state index contributed by atoms with van der Waals surface area (Å²) in [5.74, 6) is -0.886. The van der Waals surface area contributed by atoms with Crippen molar-refractivity contribution >= 4 is 63.6 Å². The highest BCUT2D eigenvalue weighted by Gasteiger charge is 2.26. The van der Waals surface area contributed by atoms with Crippen LogP contribution in [0.1, 0.15) is 69.3 Å². The zero-order chi connectivity index (χ0) is 34.6. The highest BCUT2D eigenvalue weighted by Crippen LogP contribution is 2.38. The van der Waals surface area contributed by atoms with Crippen LogP contribution in [0.4, 0.5) is 10.7 Å². The summed E-state index contributed by atoms with van der Waals surface area (Å²) in [6.07, 6.45) is 7.62. The summed E-state index contributed by atoms with van der Waals surface area (Å²) in [6.45, 7) is 2.04. The molecule has 11 heteroatoms. The smallest absolute Gasteiger partial charge is 0.341 e. The Bertz CT molecular complexity index is 1840. The Labute approximate surface area is 294 Å². The van der Waals surface area contributed by atoms with E-state index in [-0.39, 0.29) is 24.0 Å². The number of hydrogen-bond donors (Lipinski definition) is 3. The van der Waals surface area contributed by atoms with Crippen molar-refractivity contribution < 1.29 is 28.7 Å². The van der Waals surface area contributed by atoms with Crippen molar-refractivity contribution in [2.75, 3.05) is 30.1 Å². The molecule has 0 unspecified atom stereocenters. The molecule has 1 aliphatic carbocycles. The van der Waals surface area contributed by atoms with E-state index in [2.05, 4.69) is 16.0 Å². The molecular weight excluding hydrogens is 659 g/mol. The van der Waals surface area contributed by atoms with Gasteiger partial charge in [-0.3, -0.25) is 14.4 Å². The third-order valence-electron chi connectivity index (χ3n) is 7.80. The Hall–Kier alpha value is -4.87. The number of ether oxygens (including phenoxy) is 2. The number of thioether (sulfide) groups is 1. The van der Waals surface area contributed by atoms with E-state index >= 15 is 0 Å². The maximum Gasteiger partial charge on any atom is 0.341 e. The summed E-state index contributed by atoms with van der Waals surface area (Å²) in [5.41, 5.74) is 3.10. The number of hydrogen-bond acceptors (Lipinski definition) is 8. The number of benzene rings is 3. The SMILES string of the molecule is CCOC(=O)c1c(NC(=O)CSc2cccc(NC(=O)/C(=C/c3cccc(OC)c3)NC(=O)c3ccccc3)c2)sc2c1CCCCCC2. The van der Waals surface area contributed by atoms with Gasteiger partial charge in [-0.2, -0.15) is 0 Å². The van der Waals surface area contributed by atoms with E-state index < -0.39 is 17.8 Å². The first-order valence-corrected chi connectivity index (χ1v) is 18.0. The van der Waals surface area contributed by atoms with Crippen molar-refractivity contribution in [3.63, 3.8) is 0 Å². The molecule has 1 heterocycles. The molecule has 0 bridgehead atoms. The molecule has 49 heavy (non-hydrogen) atoms. The number of amides is 3. The zero-order valence-corrected chi connectivity index (χ0v) is 29.1. The predicted molar refractivity (Wildman–Crippen MR) is 195 cm³/mol. The molecule has 0 saturated heterocycles. The molecule has 0 fully saturated rings. The Morgan fingerprint density at radius 2 is 1.65 bits per heavy atom. The molecule has 3 amide bonds. The maximum absolute atomic E-state index is 13.5. The zero-order valence-electron chi connectivity index (χ0n) is 27.5. The number of carbonyl (C=O) groups excluding carboxylic acids is 4. The third-order valence-corrected chi connectivity index (χ3v) is 10.0. The van der Waals surface area contributed by atoms with E-state index in [9.17, 15) is 19.2 Å².